The summed E-state index contributed by atoms with van der Waals surface area (Å²) < 4.78 is 39.1. The van der Waals surface area contributed by atoms with E-state index < -0.39 is 17.8 Å². The molecule has 0 heterocycles. The van der Waals surface area contributed by atoms with Gasteiger partial charge in [-0.15, -0.1) is 0 Å². The summed E-state index contributed by atoms with van der Waals surface area (Å²) >= 11 is 0. The van der Waals surface area contributed by atoms with Gasteiger partial charge in [0.2, 0.25) is 0 Å². The summed E-state index contributed by atoms with van der Waals surface area (Å²) in [6.45, 7) is 0. The summed E-state index contributed by atoms with van der Waals surface area (Å²) in [5, 5.41) is 8.06. The molecule has 0 atom stereocenters. The van der Waals surface area contributed by atoms with E-state index in [0.717, 1.165) is 49.8 Å². The molecule has 0 bridgehead atoms. The van der Waals surface area contributed by atoms with Crippen molar-refractivity contribution in [1.29, 1.82) is 0 Å². The first-order valence-corrected chi connectivity index (χ1v) is 11.6. The highest BCUT2D eigenvalue weighted by Crippen LogP contribution is 2.37. The second kappa shape index (κ2) is 10.6. The average Bonchev–Trinajstić information content (AvgIpc) is 2.85. The van der Waals surface area contributed by atoms with Gasteiger partial charge in [0.25, 0.3) is 5.91 Å². The first-order chi connectivity index (χ1) is 16.8. The highest BCUT2D eigenvalue weighted by atomic mass is 19.4. The number of amides is 3. The number of anilines is 3. The van der Waals surface area contributed by atoms with Crippen LogP contribution in [-0.4, -0.2) is 11.9 Å². The van der Waals surface area contributed by atoms with Crippen LogP contribution in [-0.2, 0) is 6.18 Å². The molecule has 8 heteroatoms. The third-order valence-electron chi connectivity index (χ3n) is 6.09. The van der Waals surface area contributed by atoms with Gasteiger partial charge in [-0.2, -0.15) is 13.2 Å². The number of urea groups is 1. The number of carbonyl (C=O) groups is 2. The number of halogens is 3. The Morgan fingerprint density at radius 1 is 0.743 bits per heavy atom. The molecule has 0 unspecified atom stereocenters. The molecule has 3 aromatic carbocycles. The summed E-state index contributed by atoms with van der Waals surface area (Å²) in [4.78, 5) is 25.6. The lowest BCUT2D eigenvalue weighted by atomic mass is 9.83. The number of para-hydroxylation sites is 1. The van der Waals surface area contributed by atoms with Gasteiger partial charge in [-0.05, 0) is 66.8 Å². The fourth-order valence-corrected chi connectivity index (χ4v) is 4.36. The topological polar surface area (TPSA) is 70.2 Å². The van der Waals surface area contributed by atoms with E-state index in [1.807, 2.05) is 24.3 Å². The Kier molecular flexibility index (Phi) is 7.39. The van der Waals surface area contributed by atoms with Crippen LogP contribution in [0.3, 0.4) is 0 Å². The van der Waals surface area contributed by atoms with Gasteiger partial charge in [-0.25, -0.2) is 4.79 Å². The summed E-state index contributed by atoms with van der Waals surface area (Å²) in [5.41, 5.74) is 1.57. The van der Waals surface area contributed by atoms with E-state index >= 15 is 0 Å². The Balaban J connectivity index is 1.56. The monoisotopic (exact) mass is 481 g/mol. The fourth-order valence-electron chi connectivity index (χ4n) is 4.36. The normalized spacial score (nSPS) is 14.3. The largest absolute Gasteiger partial charge is 0.416 e. The van der Waals surface area contributed by atoms with Gasteiger partial charge in [0.15, 0.2) is 0 Å². The van der Waals surface area contributed by atoms with Crippen molar-refractivity contribution in [3.8, 4) is 0 Å². The van der Waals surface area contributed by atoms with Crippen molar-refractivity contribution in [2.75, 3.05) is 16.0 Å². The van der Waals surface area contributed by atoms with Crippen LogP contribution in [0.5, 0.6) is 0 Å². The molecule has 3 N–H and O–H groups in total. The van der Waals surface area contributed by atoms with E-state index in [1.54, 1.807) is 24.3 Å². The van der Waals surface area contributed by atoms with Crippen molar-refractivity contribution >= 4 is 29.0 Å². The molecule has 1 aliphatic rings. The minimum atomic E-state index is -4.51. The number of carbonyl (C=O) groups excluding carboxylic acids is 2. The van der Waals surface area contributed by atoms with Gasteiger partial charge in [0, 0.05) is 22.6 Å². The molecule has 0 aliphatic heterocycles. The van der Waals surface area contributed by atoms with Crippen LogP contribution in [0.2, 0.25) is 0 Å². The Morgan fingerprint density at radius 3 is 2.17 bits per heavy atom. The summed E-state index contributed by atoms with van der Waals surface area (Å²) in [7, 11) is 0. The second-order valence-electron chi connectivity index (χ2n) is 8.61. The SMILES string of the molecule is O=C(Nc1cccc(C(F)(F)F)c1)Nc1cc(C(=O)Nc2ccccc2)ccc1C1CCCCC1. The van der Waals surface area contributed by atoms with Crippen molar-refractivity contribution in [3.63, 3.8) is 0 Å². The molecule has 1 saturated carbocycles. The van der Waals surface area contributed by atoms with Crippen molar-refractivity contribution < 1.29 is 22.8 Å². The minimum Gasteiger partial charge on any atom is -0.322 e. The van der Waals surface area contributed by atoms with Crippen molar-refractivity contribution in [3.05, 3.63) is 89.5 Å². The predicted molar refractivity (Wildman–Crippen MR) is 131 cm³/mol. The molecule has 1 fully saturated rings. The smallest absolute Gasteiger partial charge is 0.322 e. The van der Waals surface area contributed by atoms with Gasteiger partial charge in [-0.3, -0.25) is 4.79 Å². The molecular weight excluding hydrogens is 455 g/mol. The van der Waals surface area contributed by atoms with E-state index in [2.05, 4.69) is 16.0 Å². The maximum absolute atomic E-state index is 13.0. The lowest BCUT2D eigenvalue weighted by Crippen LogP contribution is -2.22. The van der Waals surface area contributed by atoms with Crippen LogP contribution < -0.4 is 16.0 Å². The second-order valence-corrected chi connectivity index (χ2v) is 8.61. The number of nitrogens with one attached hydrogen (secondary N) is 3. The quantitative estimate of drug-likeness (QED) is 0.350. The maximum atomic E-state index is 13.0. The standard InChI is InChI=1S/C27H26F3N3O2/c28-27(29,30)20-10-7-13-22(17-20)32-26(35)33-24-16-19(25(34)31-21-11-5-2-6-12-21)14-15-23(24)18-8-3-1-4-9-18/h2,5-7,10-18H,1,3-4,8-9H2,(H,31,34)(H2,32,33,35). The van der Waals surface area contributed by atoms with Crippen molar-refractivity contribution in [1.82, 2.24) is 0 Å². The molecule has 35 heavy (non-hydrogen) atoms. The summed E-state index contributed by atoms with van der Waals surface area (Å²) in [6.07, 6.45) is 0.752. The number of benzene rings is 3. The predicted octanol–water partition coefficient (Wildman–Crippen LogP) is 7.65. The first kappa shape index (κ1) is 24.3. The van der Waals surface area contributed by atoms with Gasteiger partial charge >= 0.3 is 12.2 Å². The van der Waals surface area contributed by atoms with Gasteiger partial charge in [0.1, 0.15) is 0 Å². The summed E-state index contributed by atoms with van der Waals surface area (Å²) in [6, 6.07) is 18.0. The molecule has 0 radical (unpaired) electrons. The molecule has 0 spiro atoms. The van der Waals surface area contributed by atoms with Crippen LogP contribution >= 0.6 is 0 Å². The Bertz CT molecular complexity index is 1190. The molecule has 4 rings (SSSR count). The summed E-state index contributed by atoms with van der Waals surface area (Å²) in [5.74, 6) is -0.0911. The van der Waals surface area contributed by atoms with Crippen LogP contribution in [0, 0.1) is 0 Å². The zero-order valence-corrected chi connectivity index (χ0v) is 19.0. The lowest BCUT2D eigenvalue weighted by molar-refractivity contribution is -0.137. The van der Waals surface area contributed by atoms with E-state index in [1.165, 1.54) is 12.1 Å². The van der Waals surface area contributed by atoms with E-state index in [-0.39, 0.29) is 17.5 Å². The maximum Gasteiger partial charge on any atom is 0.416 e. The van der Waals surface area contributed by atoms with E-state index in [9.17, 15) is 22.8 Å². The van der Waals surface area contributed by atoms with Crippen molar-refractivity contribution in [2.24, 2.45) is 0 Å². The minimum absolute atomic E-state index is 0.0227. The Labute approximate surface area is 201 Å². The molecular formula is C27H26F3N3O2. The molecule has 1 aliphatic carbocycles. The van der Waals surface area contributed by atoms with Crippen molar-refractivity contribution in [2.45, 2.75) is 44.2 Å². The van der Waals surface area contributed by atoms with E-state index in [4.69, 9.17) is 0 Å². The zero-order valence-electron chi connectivity index (χ0n) is 19.0. The third kappa shape index (κ3) is 6.41. The number of alkyl halides is 3. The average molecular weight is 482 g/mol. The zero-order chi connectivity index (χ0) is 24.8. The highest BCUT2D eigenvalue weighted by molar-refractivity contribution is 6.06. The van der Waals surface area contributed by atoms with Crippen LogP contribution in [0.25, 0.3) is 0 Å². The fraction of sp³-hybridized carbons (Fsp3) is 0.259. The lowest BCUT2D eigenvalue weighted by Gasteiger charge is -2.25. The Hall–Kier alpha value is -3.81. The molecule has 0 saturated heterocycles. The van der Waals surface area contributed by atoms with Crippen LogP contribution in [0.4, 0.5) is 35.0 Å². The van der Waals surface area contributed by atoms with Gasteiger partial charge in [-0.1, -0.05) is 49.6 Å². The number of hydrogen-bond acceptors (Lipinski definition) is 2. The molecule has 0 aromatic heterocycles. The first-order valence-electron chi connectivity index (χ1n) is 11.6. The highest BCUT2D eigenvalue weighted by Gasteiger charge is 2.30. The third-order valence-corrected chi connectivity index (χ3v) is 6.09. The number of hydrogen-bond donors (Lipinski definition) is 3. The molecule has 5 nitrogen and oxygen atoms in total. The molecule has 182 valence electrons. The number of rotatable bonds is 5. The van der Waals surface area contributed by atoms with E-state index in [0.29, 0.717) is 16.9 Å². The van der Waals surface area contributed by atoms with Gasteiger partial charge < -0.3 is 16.0 Å². The van der Waals surface area contributed by atoms with Crippen LogP contribution in [0.1, 0.15) is 59.5 Å². The Morgan fingerprint density at radius 2 is 1.46 bits per heavy atom. The molecule has 3 amide bonds. The van der Waals surface area contributed by atoms with Gasteiger partial charge in [0.05, 0.1) is 5.56 Å². The molecule has 3 aromatic rings. The van der Waals surface area contributed by atoms with Crippen LogP contribution in [0.15, 0.2) is 72.8 Å².